The summed E-state index contributed by atoms with van der Waals surface area (Å²) in [5.41, 5.74) is 3.22. The number of hydrogen-bond acceptors (Lipinski definition) is 4. The Morgan fingerprint density at radius 1 is 1.17 bits per heavy atom. The summed E-state index contributed by atoms with van der Waals surface area (Å²) in [4.78, 5) is 11.8. The van der Waals surface area contributed by atoms with E-state index in [1.165, 1.54) is 0 Å². The zero-order valence-electron chi connectivity index (χ0n) is 13.0. The molecule has 7 heteroatoms. The van der Waals surface area contributed by atoms with E-state index >= 15 is 0 Å². The average Bonchev–Trinajstić information content (AvgIpc) is 2.56. The van der Waals surface area contributed by atoms with Gasteiger partial charge in [0.05, 0.1) is 17.3 Å². The van der Waals surface area contributed by atoms with Gasteiger partial charge in [-0.15, -0.1) is 0 Å². The third-order valence-corrected chi connectivity index (χ3v) is 3.98. The van der Waals surface area contributed by atoms with Crippen LogP contribution in [0.15, 0.2) is 56.5 Å². The van der Waals surface area contributed by atoms with Crippen molar-refractivity contribution in [1.82, 2.24) is 5.43 Å². The van der Waals surface area contributed by atoms with Gasteiger partial charge in [0.1, 0.15) is 11.5 Å². The molecule has 0 radical (unpaired) electrons. The fraction of sp³-hybridized carbons (Fsp3) is 0.176. The molecular weight excluding hydrogens is 440 g/mol. The van der Waals surface area contributed by atoms with E-state index in [0.717, 1.165) is 14.5 Å². The Morgan fingerprint density at radius 3 is 2.71 bits per heavy atom. The summed E-state index contributed by atoms with van der Waals surface area (Å²) in [7, 11) is 0. The number of rotatable bonds is 7. The van der Waals surface area contributed by atoms with Crippen LogP contribution in [0.25, 0.3) is 0 Å². The van der Waals surface area contributed by atoms with E-state index in [-0.39, 0.29) is 12.5 Å². The average molecular weight is 456 g/mol. The van der Waals surface area contributed by atoms with Crippen LogP contribution >= 0.6 is 31.9 Å². The molecule has 0 aromatic heterocycles. The summed E-state index contributed by atoms with van der Waals surface area (Å²) in [5, 5.41) is 3.93. The Bertz CT molecular complexity index is 736. The van der Waals surface area contributed by atoms with E-state index in [2.05, 4.69) is 42.4 Å². The topological polar surface area (TPSA) is 59.9 Å². The largest absolute Gasteiger partial charge is 0.493 e. The zero-order valence-corrected chi connectivity index (χ0v) is 16.1. The first-order chi connectivity index (χ1) is 11.6. The van der Waals surface area contributed by atoms with Gasteiger partial charge in [0.25, 0.3) is 5.91 Å². The van der Waals surface area contributed by atoms with Crippen molar-refractivity contribution in [2.75, 3.05) is 13.2 Å². The highest BCUT2D eigenvalue weighted by atomic mass is 79.9. The molecule has 5 nitrogen and oxygen atoms in total. The van der Waals surface area contributed by atoms with Crippen molar-refractivity contribution in [3.63, 3.8) is 0 Å². The van der Waals surface area contributed by atoms with Crippen LogP contribution in [0.5, 0.6) is 11.5 Å². The molecule has 0 atom stereocenters. The molecule has 0 spiro atoms. The Labute approximate surface area is 157 Å². The minimum atomic E-state index is -0.352. The lowest BCUT2D eigenvalue weighted by molar-refractivity contribution is -0.123. The maximum atomic E-state index is 11.8. The van der Waals surface area contributed by atoms with Gasteiger partial charge in [-0.2, -0.15) is 5.10 Å². The van der Waals surface area contributed by atoms with Gasteiger partial charge >= 0.3 is 0 Å². The minimum Gasteiger partial charge on any atom is -0.493 e. The van der Waals surface area contributed by atoms with Crippen LogP contribution in [0, 0.1) is 0 Å². The molecule has 24 heavy (non-hydrogen) atoms. The van der Waals surface area contributed by atoms with Gasteiger partial charge in [-0.25, -0.2) is 5.43 Å². The van der Waals surface area contributed by atoms with Gasteiger partial charge in [0.2, 0.25) is 0 Å². The third kappa shape index (κ3) is 5.65. The highest BCUT2D eigenvalue weighted by Gasteiger charge is 2.05. The molecule has 2 aromatic carbocycles. The van der Waals surface area contributed by atoms with Gasteiger partial charge in [-0.3, -0.25) is 4.79 Å². The standard InChI is InChI=1S/C17H16Br2N2O3/c1-2-23-15-6-4-3-5-12(15)10-20-21-17(22)11-24-16-8-7-13(18)9-14(16)19/h3-10H,2,11H2,1H3,(H,21,22). The maximum Gasteiger partial charge on any atom is 0.277 e. The molecule has 126 valence electrons. The summed E-state index contributed by atoms with van der Waals surface area (Å²) < 4.78 is 12.6. The number of benzene rings is 2. The fourth-order valence-corrected chi connectivity index (χ4v) is 2.98. The van der Waals surface area contributed by atoms with Crippen LogP contribution in [0.1, 0.15) is 12.5 Å². The SMILES string of the molecule is CCOc1ccccc1C=NNC(=O)COc1ccc(Br)cc1Br. The van der Waals surface area contributed by atoms with Crippen molar-refractivity contribution in [2.24, 2.45) is 5.10 Å². The van der Waals surface area contributed by atoms with E-state index in [9.17, 15) is 4.79 Å². The molecule has 0 saturated carbocycles. The molecule has 2 aromatic rings. The van der Waals surface area contributed by atoms with Crippen molar-refractivity contribution in [1.29, 1.82) is 0 Å². The van der Waals surface area contributed by atoms with Gasteiger partial charge in [-0.1, -0.05) is 28.1 Å². The van der Waals surface area contributed by atoms with Crippen LogP contribution < -0.4 is 14.9 Å². The van der Waals surface area contributed by atoms with Gasteiger partial charge in [-0.05, 0) is 53.2 Å². The second kappa shape index (κ2) is 9.44. The molecule has 0 saturated heterocycles. The second-order valence-electron chi connectivity index (χ2n) is 4.63. The van der Waals surface area contributed by atoms with Crippen LogP contribution in [-0.2, 0) is 4.79 Å². The number of carbonyl (C=O) groups excluding carboxylic acids is 1. The summed E-state index contributed by atoms with van der Waals surface area (Å²) in [6, 6.07) is 12.9. The van der Waals surface area contributed by atoms with Crippen LogP contribution in [0.2, 0.25) is 0 Å². The summed E-state index contributed by atoms with van der Waals surface area (Å²) in [6.45, 7) is 2.34. The molecule has 0 bridgehead atoms. The number of ether oxygens (including phenoxy) is 2. The van der Waals surface area contributed by atoms with Crippen molar-refractivity contribution >= 4 is 44.0 Å². The quantitative estimate of drug-likeness (QED) is 0.504. The number of para-hydroxylation sites is 1. The predicted molar refractivity (Wildman–Crippen MR) is 101 cm³/mol. The Kier molecular flexibility index (Phi) is 7.27. The normalized spacial score (nSPS) is 10.6. The number of carbonyl (C=O) groups is 1. The van der Waals surface area contributed by atoms with Crippen molar-refractivity contribution in [2.45, 2.75) is 6.92 Å². The van der Waals surface area contributed by atoms with Crippen LogP contribution in [-0.4, -0.2) is 25.3 Å². The first kappa shape index (κ1) is 18.5. The molecule has 1 amide bonds. The molecular formula is C17H16Br2N2O3. The van der Waals surface area contributed by atoms with Gasteiger partial charge in [0.15, 0.2) is 6.61 Å². The smallest absolute Gasteiger partial charge is 0.277 e. The Hall–Kier alpha value is -1.86. The Balaban J connectivity index is 1.87. The van der Waals surface area contributed by atoms with E-state index < -0.39 is 0 Å². The number of amides is 1. The lowest BCUT2D eigenvalue weighted by atomic mass is 10.2. The fourth-order valence-electron chi connectivity index (χ4n) is 1.82. The van der Waals surface area contributed by atoms with E-state index in [0.29, 0.717) is 18.1 Å². The number of nitrogens with one attached hydrogen (secondary N) is 1. The molecule has 0 fully saturated rings. The molecule has 0 unspecified atom stereocenters. The van der Waals surface area contributed by atoms with Gasteiger partial charge < -0.3 is 9.47 Å². The van der Waals surface area contributed by atoms with E-state index in [1.807, 2.05) is 43.3 Å². The number of nitrogens with zero attached hydrogens (tertiary/aromatic N) is 1. The first-order valence-electron chi connectivity index (χ1n) is 7.21. The summed E-state index contributed by atoms with van der Waals surface area (Å²) >= 11 is 6.73. The molecule has 1 N–H and O–H groups in total. The minimum absolute atomic E-state index is 0.134. The lowest BCUT2D eigenvalue weighted by Crippen LogP contribution is -2.24. The summed E-state index contributed by atoms with van der Waals surface area (Å²) in [5.74, 6) is 0.946. The number of hydrazone groups is 1. The lowest BCUT2D eigenvalue weighted by Gasteiger charge is -2.08. The maximum absolute atomic E-state index is 11.8. The highest BCUT2D eigenvalue weighted by Crippen LogP contribution is 2.28. The van der Waals surface area contributed by atoms with Crippen molar-refractivity contribution in [3.05, 3.63) is 57.0 Å². The number of halogens is 2. The number of hydrogen-bond donors (Lipinski definition) is 1. The molecule has 0 aliphatic heterocycles. The van der Waals surface area contributed by atoms with Crippen molar-refractivity contribution in [3.8, 4) is 11.5 Å². The molecule has 0 heterocycles. The first-order valence-corrected chi connectivity index (χ1v) is 8.80. The van der Waals surface area contributed by atoms with E-state index in [1.54, 1.807) is 12.3 Å². The van der Waals surface area contributed by atoms with Crippen LogP contribution in [0.4, 0.5) is 0 Å². The monoisotopic (exact) mass is 454 g/mol. The summed E-state index contributed by atoms with van der Waals surface area (Å²) in [6.07, 6.45) is 1.54. The van der Waals surface area contributed by atoms with Gasteiger partial charge in [0, 0.05) is 10.0 Å². The molecule has 0 aliphatic rings. The zero-order chi connectivity index (χ0) is 17.4. The van der Waals surface area contributed by atoms with Crippen molar-refractivity contribution < 1.29 is 14.3 Å². The molecule has 2 rings (SSSR count). The second-order valence-corrected chi connectivity index (χ2v) is 6.40. The Morgan fingerprint density at radius 2 is 1.96 bits per heavy atom. The van der Waals surface area contributed by atoms with E-state index in [4.69, 9.17) is 9.47 Å². The highest BCUT2D eigenvalue weighted by molar-refractivity contribution is 9.11. The molecule has 0 aliphatic carbocycles. The third-order valence-electron chi connectivity index (χ3n) is 2.86. The predicted octanol–water partition coefficient (Wildman–Crippen LogP) is 4.14. The van der Waals surface area contributed by atoms with Crippen LogP contribution in [0.3, 0.4) is 0 Å².